The fourth-order valence-corrected chi connectivity index (χ4v) is 3.91. The summed E-state index contributed by atoms with van der Waals surface area (Å²) in [4.78, 5) is 32.7. The van der Waals surface area contributed by atoms with Crippen LogP contribution in [-0.2, 0) is 26.5 Å². The first kappa shape index (κ1) is 24.2. The highest BCUT2D eigenvalue weighted by molar-refractivity contribution is 5.86. The Balaban J connectivity index is 1.86. The van der Waals surface area contributed by atoms with Crippen molar-refractivity contribution in [3.8, 4) is 6.07 Å². The van der Waals surface area contributed by atoms with Crippen molar-refractivity contribution in [2.24, 2.45) is 0 Å². The zero-order valence-corrected chi connectivity index (χ0v) is 19.1. The topological polar surface area (TPSA) is 112 Å². The molecule has 3 rings (SSSR count). The molecule has 2 aromatic rings. The van der Waals surface area contributed by atoms with Gasteiger partial charge in [-0.05, 0) is 56.9 Å². The van der Waals surface area contributed by atoms with Crippen molar-refractivity contribution >= 4 is 12.1 Å². The Morgan fingerprint density at radius 3 is 2.42 bits per heavy atom. The highest BCUT2D eigenvalue weighted by atomic mass is 16.6. The maximum absolute atomic E-state index is 13.2. The summed E-state index contributed by atoms with van der Waals surface area (Å²) in [5.74, 6) is -1.15. The van der Waals surface area contributed by atoms with Gasteiger partial charge in [0.25, 0.3) is 0 Å². The third kappa shape index (κ3) is 5.69. The van der Waals surface area contributed by atoms with Crippen molar-refractivity contribution in [2.45, 2.75) is 57.4 Å². The van der Waals surface area contributed by atoms with Gasteiger partial charge in [0.1, 0.15) is 5.60 Å². The SMILES string of the molecule is CC(C)(C)OC(=O)N1C[C@H](NOCc2ccccc2)CC[C@@]1(C(=O)O)c1ccc(C#N)cc1. The predicted octanol–water partition coefficient (Wildman–Crippen LogP) is 3.96. The number of nitrogens with zero attached hydrogens (tertiary/aromatic N) is 2. The van der Waals surface area contributed by atoms with Crippen LogP contribution in [0.25, 0.3) is 0 Å². The zero-order chi connectivity index (χ0) is 24.1. The average Bonchev–Trinajstić information content (AvgIpc) is 2.78. The molecule has 8 nitrogen and oxygen atoms in total. The number of ether oxygens (including phenoxy) is 1. The molecule has 0 saturated carbocycles. The number of nitriles is 1. The Bertz CT molecular complexity index is 1010. The highest BCUT2D eigenvalue weighted by Gasteiger charge is 2.52. The average molecular weight is 452 g/mol. The minimum Gasteiger partial charge on any atom is -0.479 e. The van der Waals surface area contributed by atoms with Crippen molar-refractivity contribution < 1.29 is 24.3 Å². The van der Waals surface area contributed by atoms with Crippen LogP contribution in [0.15, 0.2) is 54.6 Å². The number of carbonyl (C=O) groups is 2. The maximum Gasteiger partial charge on any atom is 0.411 e. The summed E-state index contributed by atoms with van der Waals surface area (Å²) in [6, 6.07) is 17.7. The molecule has 2 aromatic carbocycles. The molecule has 0 spiro atoms. The minimum absolute atomic E-state index is 0.0794. The lowest BCUT2D eigenvalue weighted by Gasteiger charge is -2.46. The fraction of sp³-hybridized carbons (Fsp3) is 0.400. The van der Waals surface area contributed by atoms with E-state index in [0.29, 0.717) is 24.2 Å². The first-order valence-corrected chi connectivity index (χ1v) is 10.8. The van der Waals surface area contributed by atoms with Crippen molar-refractivity contribution in [1.82, 2.24) is 10.4 Å². The summed E-state index contributed by atoms with van der Waals surface area (Å²) < 4.78 is 5.57. The largest absolute Gasteiger partial charge is 0.479 e. The smallest absolute Gasteiger partial charge is 0.411 e. The quantitative estimate of drug-likeness (QED) is 0.639. The molecule has 1 aliphatic rings. The molecule has 2 N–H and O–H groups in total. The Morgan fingerprint density at radius 2 is 1.85 bits per heavy atom. The number of benzene rings is 2. The van der Waals surface area contributed by atoms with Crippen LogP contribution in [0.4, 0.5) is 4.79 Å². The van der Waals surface area contributed by atoms with Gasteiger partial charge < -0.3 is 9.84 Å². The van der Waals surface area contributed by atoms with Gasteiger partial charge in [0.2, 0.25) is 0 Å². The first-order chi connectivity index (χ1) is 15.7. The third-order valence-electron chi connectivity index (χ3n) is 5.51. The van der Waals surface area contributed by atoms with E-state index < -0.39 is 23.2 Å². The molecule has 8 heteroatoms. The molecule has 0 aromatic heterocycles. The Labute approximate surface area is 193 Å². The van der Waals surface area contributed by atoms with Gasteiger partial charge in [0.15, 0.2) is 5.54 Å². The van der Waals surface area contributed by atoms with E-state index in [1.165, 1.54) is 4.90 Å². The van der Waals surface area contributed by atoms with Gasteiger partial charge in [-0.25, -0.2) is 9.59 Å². The number of rotatable bonds is 6. The van der Waals surface area contributed by atoms with E-state index >= 15 is 0 Å². The second-order valence-corrected chi connectivity index (χ2v) is 9.07. The van der Waals surface area contributed by atoms with Crippen LogP contribution in [0.1, 0.15) is 50.3 Å². The van der Waals surface area contributed by atoms with Crippen LogP contribution in [0.3, 0.4) is 0 Å². The molecule has 0 radical (unpaired) electrons. The molecule has 0 aliphatic carbocycles. The summed E-state index contributed by atoms with van der Waals surface area (Å²) in [6.45, 7) is 5.62. The van der Waals surface area contributed by atoms with Crippen LogP contribution in [-0.4, -0.2) is 40.3 Å². The summed E-state index contributed by atoms with van der Waals surface area (Å²) in [5, 5.41) is 19.4. The van der Waals surface area contributed by atoms with Crippen LogP contribution in [0, 0.1) is 11.3 Å². The Morgan fingerprint density at radius 1 is 1.18 bits per heavy atom. The predicted molar refractivity (Wildman–Crippen MR) is 121 cm³/mol. The van der Waals surface area contributed by atoms with E-state index in [0.717, 1.165) is 5.56 Å². The molecule has 1 saturated heterocycles. The molecular formula is C25H29N3O5. The lowest BCUT2D eigenvalue weighted by Crippen LogP contribution is -2.62. The van der Waals surface area contributed by atoms with Gasteiger partial charge in [-0.3, -0.25) is 9.74 Å². The molecule has 174 valence electrons. The van der Waals surface area contributed by atoms with Crippen molar-refractivity contribution in [2.75, 3.05) is 6.54 Å². The molecule has 1 fully saturated rings. The van der Waals surface area contributed by atoms with E-state index in [1.807, 2.05) is 36.4 Å². The number of amides is 1. The molecular weight excluding hydrogens is 422 g/mol. The summed E-state index contributed by atoms with van der Waals surface area (Å²) in [5.41, 5.74) is 2.38. The number of hydrogen-bond acceptors (Lipinski definition) is 6. The Hall–Kier alpha value is -3.41. The zero-order valence-electron chi connectivity index (χ0n) is 19.1. The number of likely N-dealkylation sites (tertiary alicyclic amines) is 1. The van der Waals surface area contributed by atoms with Crippen LogP contribution in [0.5, 0.6) is 0 Å². The molecule has 1 aliphatic heterocycles. The number of carbonyl (C=O) groups excluding carboxylic acids is 1. The molecule has 1 heterocycles. The second kappa shape index (κ2) is 10.0. The third-order valence-corrected chi connectivity index (χ3v) is 5.51. The fourth-order valence-electron chi connectivity index (χ4n) is 3.91. The second-order valence-electron chi connectivity index (χ2n) is 9.07. The van der Waals surface area contributed by atoms with E-state index in [-0.39, 0.29) is 19.0 Å². The molecule has 1 amide bonds. The van der Waals surface area contributed by atoms with Crippen LogP contribution < -0.4 is 5.48 Å². The van der Waals surface area contributed by atoms with Crippen molar-refractivity contribution in [3.63, 3.8) is 0 Å². The van der Waals surface area contributed by atoms with Gasteiger partial charge in [-0.1, -0.05) is 42.5 Å². The monoisotopic (exact) mass is 451 g/mol. The number of aliphatic carboxylic acids is 1. The van der Waals surface area contributed by atoms with Crippen LogP contribution >= 0.6 is 0 Å². The molecule has 0 bridgehead atoms. The first-order valence-electron chi connectivity index (χ1n) is 10.8. The van der Waals surface area contributed by atoms with E-state index in [4.69, 9.17) is 14.8 Å². The molecule has 33 heavy (non-hydrogen) atoms. The summed E-state index contributed by atoms with van der Waals surface area (Å²) in [7, 11) is 0. The number of hydroxylamine groups is 1. The Kier molecular flexibility index (Phi) is 7.36. The number of carboxylic acid groups (broad SMARTS) is 1. The number of piperidine rings is 1. The van der Waals surface area contributed by atoms with Gasteiger partial charge in [0, 0.05) is 6.54 Å². The van der Waals surface area contributed by atoms with Crippen molar-refractivity contribution in [3.05, 3.63) is 71.3 Å². The lowest BCUT2D eigenvalue weighted by molar-refractivity contribution is -0.157. The molecule has 2 atom stereocenters. The van der Waals surface area contributed by atoms with Crippen LogP contribution in [0.2, 0.25) is 0 Å². The number of nitrogens with one attached hydrogen (secondary N) is 1. The van der Waals surface area contributed by atoms with Gasteiger partial charge in [-0.15, -0.1) is 0 Å². The van der Waals surface area contributed by atoms with Gasteiger partial charge >= 0.3 is 12.1 Å². The van der Waals surface area contributed by atoms with Gasteiger partial charge in [0.05, 0.1) is 24.3 Å². The number of hydrogen-bond donors (Lipinski definition) is 2. The summed E-state index contributed by atoms with van der Waals surface area (Å²) >= 11 is 0. The standard InChI is InChI=1S/C25H29N3O5/c1-24(2,3)33-23(31)28-16-21(27-32-17-19-7-5-4-6-8-19)13-14-25(28,22(29)30)20-11-9-18(15-26)10-12-20/h4-12,21,27H,13-14,16-17H2,1-3H3,(H,29,30)/t21-,25+/m1/s1. The number of carboxylic acids is 1. The van der Waals surface area contributed by atoms with E-state index in [9.17, 15) is 14.7 Å². The van der Waals surface area contributed by atoms with Crippen molar-refractivity contribution in [1.29, 1.82) is 5.26 Å². The summed E-state index contributed by atoms with van der Waals surface area (Å²) in [6.07, 6.45) is -0.107. The highest BCUT2D eigenvalue weighted by Crippen LogP contribution is 2.39. The normalized spacial score (nSPS) is 20.7. The maximum atomic E-state index is 13.2. The lowest BCUT2D eigenvalue weighted by atomic mass is 9.79. The van der Waals surface area contributed by atoms with E-state index in [1.54, 1.807) is 45.0 Å². The minimum atomic E-state index is -1.62. The van der Waals surface area contributed by atoms with E-state index in [2.05, 4.69) is 5.48 Å². The molecule has 0 unspecified atom stereocenters. The van der Waals surface area contributed by atoms with Gasteiger partial charge in [-0.2, -0.15) is 10.7 Å².